The van der Waals surface area contributed by atoms with Gasteiger partial charge in [0.2, 0.25) is 0 Å². The zero-order valence-corrected chi connectivity index (χ0v) is 15.7. The lowest BCUT2D eigenvalue weighted by Crippen LogP contribution is -2.44. The zero-order valence-electron chi connectivity index (χ0n) is 15.7. The maximum Gasteiger partial charge on any atom is 0.142 e. The van der Waals surface area contributed by atoms with E-state index < -0.39 is 5.60 Å². The van der Waals surface area contributed by atoms with E-state index in [9.17, 15) is 5.11 Å². The molecule has 0 spiro atoms. The molecule has 1 saturated heterocycles. The van der Waals surface area contributed by atoms with E-state index in [-0.39, 0.29) is 0 Å². The predicted molar refractivity (Wildman–Crippen MR) is 108 cm³/mol. The van der Waals surface area contributed by atoms with E-state index in [2.05, 4.69) is 19.9 Å². The molecule has 1 aliphatic rings. The molecule has 7 nitrogen and oxygen atoms in total. The second-order valence-electron chi connectivity index (χ2n) is 7.38. The molecule has 0 saturated carbocycles. The van der Waals surface area contributed by atoms with Gasteiger partial charge in [0.05, 0.1) is 11.1 Å². The van der Waals surface area contributed by atoms with Crippen molar-refractivity contribution < 1.29 is 5.11 Å². The van der Waals surface area contributed by atoms with Gasteiger partial charge in [0.1, 0.15) is 29.2 Å². The first kappa shape index (κ1) is 16.9. The first-order valence-electron chi connectivity index (χ1n) is 9.49. The Bertz CT molecular complexity index is 1110. The van der Waals surface area contributed by atoms with Crippen molar-refractivity contribution >= 4 is 16.9 Å². The van der Waals surface area contributed by atoms with Gasteiger partial charge in [0.25, 0.3) is 0 Å². The third-order valence-corrected chi connectivity index (χ3v) is 5.59. The lowest BCUT2D eigenvalue weighted by Gasteiger charge is -2.38. The van der Waals surface area contributed by atoms with Crippen LogP contribution in [0.15, 0.2) is 55.1 Å². The highest BCUT2D eigenvalue weighted by atomic mass is 16.3. The minimum Gasteiger partial charge on any atom is -0.382 e. The number of nitrogens with one attached hydrogen (secondary N) is 1. The molecule has 2 N–H and O–H groups in total. The predicted octanol–water partition coefficient (Wildman–Crippen LogP) is 2.85. The fourth-order valence-corrected chi connectivity index (χ4v) is 4.07. The van der Waals surface area contributed by atoms with Crippen LogP contribution in [-0.4, -0.2) is 42.7 Å². The van der Waals surface area contributed by atoms with Gasteiger partial charge in [-0.1, -0.05) is 30.3 Å². The molecular weight excluding hydrogens is 352 g/mol. The van der Waals surface area contributed by atoms with Crippen molar-refractivity contribution in [1.29, 1.82) is 0 Å². The Labute approximate surface area is 162 Å². The van der Waals surface area contributed by atoms with Gasteiger partial charge in [0, 0.05) is 50.9 Å². The lowest BCUT2D eigenvalue weighted by atomic mass is 9.90. The number of anilines is 1. The molecule has 4 heterocycles. The van der Waals surface area contributed by atoms with Crippen LogP contribution in [0.4, 0.5) is 5.82 Å². The molecule has 1 aliphatic heterocycles. The lowest BCUT2D eigenvalue weighted by molar-refractivity contribution is 0.000756. The van der Waals surface area contributed by atoms with Crippen molar-refractivity contribution in [3.05, 3.63) is 60.9 Å². The van der Waals surface area contributed by atoms with Crippen molar-refractivity contribution in [3.63, 3.8) is 0 Å². The fraction of sp³-hybridized carbons (Fsp3) is 0.286. The Balaban J connectivity index is 1.40. The van der Waals surface area contributed by atoms with Crippen molar-refractivity contribution in [1.82, 2.24) is 24.5 Å². The highest BCUT2D eigenvalue weighted by Crippen LogP contribution is 2.35. The summed E-state index contributed by atoms with van der Waals surface area (Å²) in [5.74, 6) is 1.64. The molecule has 7 heteroatoms. The quantitative estimate of drug-likeness (QED) is 0.576. The van der Waals surface area contributed by atoms with Crippen LogP contribution in [0, 0.1) is 0 Å². The van der Waals surface area contributed by atoms with Crippen molar-refractivity contribution in [3.8, 4) is 11.3 Å². The Hall–Kier alpha value is -3.19. The molecule has 0 amide bonds. The van der Waals surface area contributed by atoms with Gasteiger partial charge in [-0.3, -0.25) is 0 Å². The van der Waals surface area contributed by atoms with Gasteiger partial charge in [-0.05, 0) is 6.07 Å². The van der Waals surface area contributed by atoms with E-state index >= 15 is 0 Å². The maximum absolute atomic E-state index is 11.4. The van der Waals surface area contributed by atoms with Gasteiger partial charge >= 0.3 is 0 Å². The average Bonchev–Trinajstić information content (AvgIpc) is 3.36. The van der Waals surface area contributed by atoms with Crippen molar-refractivity contribution in [2.75, 3.05) is 18.0 Å². The van der Waals surface area contributed by atoms with Crippen molar-refractivity contribution in [2.24, 2.45) is 7.05 Å². The number of aryl methyl sites for hydroxylation is 1. The van der Waals surface area contributed by atoms with E-state index in [0.29, 0.717) is 25.9 Å². The van der Waals surface area contributed by atoms with E-state index in [0.717, 1.165) is 33.9 Å². The Morgan fingerprint density at radius 1 is 1.07 bits per heavy atom. The SMILES string of the molecule is Cn1cc(-c2ccccc2)nc1C1(O)CCN(c2ncnc3[nH]ccc23)CC1. The number of H-pyrrole nitrogens is 1. The summed E-state index contributed by atoms with van der Waals surface area (Å²) < 4.78 is 1.95. The molecule has 1 aromatic carbocycles. The number of benzene rings is 1. The van der Waals surface area contributed by atoms with Gasteiger partial charge in [-0.25, -0.2) is 15.0 Å². The molecular formula is C21H22N6O. The number of imidazole rings is 1. The first-order chi connectivity index (χ1) is 13.6. The number of fused-ring (bicyclic) bond motifs is 1. The van der Waals surface area contributed by atoms with Gasteiger partial charge in [-0.2, -0.15) is 0 Å². The molecule has 0 atom stereocenters. The monoisotopic (exact) mass is 374 g/mol. The smallest absolute Gasteiger partial charge is 0.142 e. The first-order valence-corrected chi connectivity index (χ1v) is 9.49. The Morgan fingerprint density at radius 3 is 2.64 bits per heavy atom. The summed E-state index contributed by atoms with van der Waals surface area (Å²) in [6, 6.07) is 12.1. The fourth-order valence-electron chi connectivity index (χ4n) is 4.07. The number of hydrogen-bond donors (Lipinski definition) is 2. The van der Waals surface area contributed by atoms with Crippen LogP contribution in [0.5, 0.6) is 0 Å². The second-order valence-corrected chi connectivity index (χ2v) is 7.38. The van der Waals surface area contributed by atoms with Gasteiger partial charge in [-0.15, -0.1) is 0 Å². The van der Waals surface area contributed by atoms with Crippen LogP contribution in [0.25, 0.3) is 22.3 Å². The largest absolute Gasteiger partial charge is 0.382 e. The molecule has 0 bridgehead atoms. The van der Waals surface area contributed by atoms with E-state index in [4.69, 9.17) is 4.98 Å². The van der Waals surface area contributed by atoms with Crippen LogP contribution in [0.3, 0.4) is 0 Å². The van der Waals surface area contributed by atoms with Crippen LogP contribution >= 0.6 is 0 Å². The van der Waals surface area contributed by atoms with Crippen LogP contribution in [0.2, 0.25) is 0 Å². The zero-order chi connectivity index (χ0) is 19.1. The summed E-state index contributed by atoms with van der Waals surface area (Å²) in [6.07, 6.45) is 6.65. The standard InChI is InChI=1S/C21H22N6O/c1-26-13-17(15-5-3-2-4-6-15)25-20(26)21(28)8-11-27(12-9-21)19-16-7-10-22-18(16)23-14-24-19/h2-7,10,13-14,28H,8-9,11-12H2,1H3,(H,22,23,24). The molecule has 142 valence electrons. The van der Waals surface area contributed by atoms with Gasteiger partial charge < -0.3 is 19.6 Å². The second kappa shape index (κ2) is 6.45. The van der Waals surface area contributed by atoms with E-state index in [1.54, 1.807) is 6.33 Å². The van der Waals surface area contributed by atoms with Crippen LogP contribution < -0.4 is 4.90 Å². The summed E-state index contributed by atoms with van der Waals surface area (Å²) in [5, 5.41) is 12.4. The van der Waals surface area contributed by atoms with Crippen LogP contribution in [-0.2, 0) is 12.6 Å². The molecule has 0 unspecified atom stereocenters. The van der Waals surface area contributed by atoms with Crippen molar-refractivity contribution in [2.45, 2.75) is 18.4 Å². The maximum atomic E-state index is 11.4. The third kappa shape index (κ3) is 2.75. The summed E-state index contributed by atoms with van der Waals surface area (Å²) in [6.45, 7) is 1.42. The molecule has 28 heavy (non-hydrogen) atoms. The highest BCUT2D eigenvalue weighted by Gasteiger charge is 2.38. The summed E-state index contributed by atoms with van der Waals surface area (Å²) in [7, 11) is 1.95. The minimum absolute atomic E-state index is 0.599. The number of hydrogen-bond acceptors (Lipinski definition) is 5. The number of aromatic amines is 1. The molecule has 1 fully saturated rings. The number of piperidine rings is 1. The van der Waals surface area contributed by atoms with E-state index in [1.165, 1.54) is 0 Å². The average molecular weight is 374 g/mol. The van der Waals surface area contributed by atoms with E-state index in [1.807, 2.05) is 60.4 Å². The summed E-state index contributed by atoms with van der Waals surface area (Å²) >= 11 is 0. The summed E-state index contributed by atoms with van der Waals surface area (Å²) in [5.41, 5.74) is 1.84. The van der Waals surface area contributed by atoms with Gasteiger partial charge in [0.15, 0.2) is 0 Å². The minimum atomic E-state index is -0.942. The molecule has 5 rings (SSSR count). The third-order valence-electron chi connectivity index (χ3n) is 5.59. The normalized spacial score (nSPS) is 16.6. The molecule has 3 aromatic heterocycles. The topological polar surface area (TPSA) is 82.9 Å². The number of aliphatic hydroxyl groups is 1. The Morgan fingerprint density at radius 2 is 1.86 bits per heavy atom. The molecule has 0 aliphatic carbocycles. The highest BCUT2D eigenvalue weighted by molar-refractivity contribution is 5.87. The molecule has 4 aromatic rings. The number of rotatable bonds is 3. The number of aromatic nitrogens is 5. The summed E-state index contributed by atoms with van der Waals surface area (Å²) in [4.78, 5) is 18.9. The van der Waals surface area contributed by atoms with Crippen LogP contribution in [0.1, 0.15) is 18.7 Å². The number of nitrogens with zero attached hydrogens (tertiary/aromatic N) is 5. The molecule has 0 radical (unpaired) electrons. The Kier molecular flexibility index (Phi) is 3.91.